The number of rotatable bonds is 8. The van der Waals surface area contributed by atoms with Gasteiger partial charge in [0.15, 0.2) is 11.6 Å². The highest BCUT2D eigenvalue weighted by atomic mass is 15.0. The van der Waals surface area contributed by atoms with Crippen molar-refractivity contribution in [2.45, 2.75) is 13.8 Å². The third kappa shape index (κ3) is 7.41. The largest absolute Gasteiger partial charge is 0.308 e. The van der Waals surface area contributed by atoms with E-state index in [2.05, 4.69) is 134 Å². The summed E-state index contributed by atoms with van der Waals surface area (Å²) in [7, 11) is 0. The van der Waals surface area contributed by atoms with Crippen LogP contribution in [-0.4, -0.2) is 24.5 Å². The van der Waals surface area contributed by atoms with Crippen LogP contribution in [0.2, 0.25) is 0 Å². The van der Waals surface area contributed by atoms with Crippen LogP contribution in [0.4, 0.5) is 0 Å². The zero-order valence-corrected chi connectivity index (χ0v) is 35.8. The minimum atomic E-state index is 0.432. The SMILES string of the molecule is Cc1cc(C)cc(-c2ccc3c(c2)c2ccccc2n3-c2c(-c3nc(-c4ccccc4)cc(-c4ccccc4)n3)cc(C#N)cc2-c2nc(-c3ccccc3)cc(-c3ccccc3)n2)c1. The Hall–Kier alpha value is -8.79. The molecule has 3 aromatic heterocycles. The fraction of sp³-hybridized carbons (Fsp3) is 0.0339. The van der Waals surface area contributed by atoms with Gasteiger partial charge in [-0.3, -0.25) is 0 Å². The first-order valence-corrected chi connectivity index (χ1v) is 21.7. The van der Waals surface area contributed by atoms with Gasteiger partial charge in [-0.2, -0.15) is 5.26 Å². The Morgan fingerprint density at radius 3 is 1.23 bits per heavy atom. The fourth-order valence-corrected chi connectivity index (χ4v) is 8.98. The van der Waals surface area contributed by atoms with Crippen LogP contribution in [0, 0.1) is 25.2 Å². The molecule has 11 aromatic rings. The Balaban J connectivity index is 1.28. The lowest BCUT2D eigenvalue weighted by molar-refractivity contribution is 1.12. The Bertz CT molecular complexity index is 3330. The second kappa shape index (κ2) is 16.5. The standard InChI is InChI=1S/C59H40N6/c1-38-29-39(2)31-46(30-38)45-27-28-56-48(34-45)47-25-15-16-26-55(47)65(56)57-49(58-61-51(41-17-7-3-8-18-41)35-52(62-58)42-19-9-4-10-20-42)32-40(37-60)33-50(57)59-63-53(43-21-11-5-12-22-43)36-54(64-59)44-23-13-6-14-24-44/h3-36H,1-2H3. The Morgan fingerprint density at radius 1 is 0.369 bits per heavy atom. The number of para-hydroxylation sites is 1. The summed E-state index contributed by atoms with van der Waals surface area (Å²) in [6.07, 6.45) is 0. The lowest BCUT2D eigenvalue weighted by Gasteiger charge is -2.20. The highest BCUT2D eigenvalue weighted by Crippen LogP contribution is 2.43. The van der Waals surface area contributed by atoms with Gasteiger partial charge in [-0.25, -0.2) is 19.9 Å². The van der Waals surface area contributed by atoms with Crippen LogP contribution in [-0.2, 0) is 0 Å². The van der Waals surface area contributed by atoms with Crippen molar-refractivity contribution in [2.75, 3.05) is 0 Å². The molecule has 0 bridgehead atoms. The van der Waals surface area contributed by atoms with Crippen molar-refractivity contribution < 1.29 is 0 Å². The number of aromatic nitrogens is 5. The van der Waals surface area contributed by atoms with Crippen molar-refractivity contribution in [3.05, 3.63) is 223 Å². The zero-order valence-electron chi connectivity index (χ0n) is 35.8. The monoisotopic (exact) mass is 832 g/mol. The van der Waals surface area contributed by atoms with Crippen molar-refractivity contribution in [1.82, 2.24) is 24.5 Å². The van der Waals surface area contributed by atoms with Crippen LogP contribution >= 0.6 is 0 Å². The molecular weight excluding hydrogens is 793 g/mol. The number of nitrogens with zero attached hydrogens (tertiary/aromatic N) is 6. The van der Waals surface area contributed by atoms with E-state index in [4.69, 9.17) is 19.9 Å². The van der Waals surface area contributed by atoms with Crippen molar-refractivity contribution >= 4 is 21.8 Å². The molecule has 3 heterocycles. The summed E-state index contributed by atoms with van der Waals surface area (Å²) >= 11 is 0. The van der Waals surface area contributed by atoms with Gasteiger partial charge in [-0.15, -0.1) is 0 Å². The summed E-state index contributed by atoms with van der Waals surface area (Å²) < 4.78 is 2.29. The van der Waals surface area contributed by atoms with Gasteiger partial charge in [0.05, 0.1) is 51.1 Å². The number of aryl methyl sites for hydroxylation is 2. The van der Waals surface area contributed by atoms with Crippen LogP contribution in [0.3, 0.4) is 0 Å². The highest BCUT2D eigenvalue weighted by molar-refractivity contribution is 6.11. The maximum Gasteiger partial charge on any atom is 0.162 e. The molecule has 0 aliphatic carbocycles. The predicted molar refractivity (Wildman–Crippen MR) is 264 cm³/mol. The quantitative estimate of drug-likeness (QED) is 0.152. The van der Waals surface area contributed by atoms with Crippen LogP contribution in [0.25, 0.3) is 106 Å². The summed E-state index contributed by atoms with van der Waals surface area (Å²) in [5, 5.41) is 13.1. The number of hydrogen-bond donors (Lipinski definition) is 0. The van der Waals surface area contributed by atoms with Crippen molar-refractivity contribution in [3.8, 4) is 90.7 Å². The molecule has 306 valence electrons. The lowest BCUT2D eigenvalue weighted by atomic mass is 9.98. The fourth-order valence-electron chi connectivity index (χ4n) is 8.98. The average Bonchev–Trinajstić information content (AvgIpc) is 3.69. The maximum atomic E-state index is 10.9. The van der Waals surface area contributed by atoms with Crippen LogP contribution in [0.5, 0.6) is 0 Å². The van der Waals surface area contributed by atoms with E-state index in [9.17, 15) is 5.26 Å². The van der Waals surface area contributed by atoms with Gasteiger partial charge in [-0.05, 0) is 67.4 Å². The maximum absolute atomic E-state index is 10.9. The van der Waals surface area contributed by atoms with E-state index in [0.717, 1.165) is 78.1 Å². The molecule has 0 saturated carbocycles. The summed E-state index contributed by atoms with van der Waals surface area (Å²) in [6.45, 7) is 4.29. The summed E-state index contributed by atoms with van der Waals surface area (Å²) in [5.74, 6) is 0.942. The normalized spacial score (nSPS) is 11.2. The van der Waals surface area contributed by atoms with E-state index in [1.807, 2.05) is 97.1 Å². The minimum absolute atomic E-state index is 0.432. The Labute approximate surface area is 377 Å². The third-order valence-electron chi connectivity index (χ3n) is 11.9. The smallest absolute Gasteiger partial charge is 0.162 e. The molecule has 0 amide bonds. The van der Waals surface area contributed by atoms with Gasteiger partial charge >= 0.3 is 0 Å². The number of benzene rings is 8. The number of hydrogen-bond acceptors (Lipinski definition) is 5. The first-order valence-electron chi connectivity index (χ1n) is 21.7. The molecule has 0 saturated heterocycles. The molecule has 0 aliphatic heterocycles. The second-order valence-corrected chi connectivity index (χ2v) is 16.4. The van der Waals surface area contributed by atoms with Gasteiger partial charge in [0.1, 0.15) is 0 Å². The van der Waals surface area contributed by atoms with E-state index < -0.39 is 0 Å². The van der Waals surface area contributed by atoms with Crippen molar-refractivity contribution in [1.29, 1.82) is 5.26 Å². The molecule has 0 aliphatic rings. The average molecular weight is 833 g/mol. The number of nitriles is 1. The van der Waals surface area contributed by atoms with Gasteiger partial charge in [0.25, 0.3) is 0 Å². The molecule has 0 radical (unpaired) electrons. The van der Waals surface area contributed by atoms with Gasteiger partial charge in [0, 0.05) is 44.2 Å². The lowest BCUT2D eigenvalue weighted by Crippen LogP contribution is -2.06. The molecule has 0 unspecified atom stereocenters. The Morgan fingerprint density at radius 2 is 0.785 bits per heavy atom. The molecule has 0 atom stereocenters. The van der Waals surface area contributed by atoms with E-state index in [1.165, 1.54) is 16.7 Å². The molecule has 11 rings (SSSR count). The molecule has 0 N–H and O–H groups in total. The molecular formula is C59H40N6. The van der Waals surface area contributed by atoms with Crippen LogP contribution in [0.1, 0.15) is 16.7 Å². The minimum Gasteiger partial charge on any atom is -0.308 e. The van der Waals surface area contributed by atoms with Crippen molar-refractivity contribution in [3.63, 3.8) is 0 Å². The topological polar surface area (TPSA) is 80.3 Å². The molecule has 65 heavy (non-hydrogen) atoms. The van der Waals surface area contributed by atoms with E-state index in [1.54, 1.807) is 0 Å². The molecule has 0 spiro atoms. The van der Waals surface area contributed by atoms with Gasteiger partial charge in [-0.1, -0.05) is 175 Å². The molecule has 8 aromatic carbocycles. The van der Waals surface area contributed by atoms with Crippen LogP contribution < -0.4 is 0 Å². The highest BCUT2D eigenvalue weighted by Gasteiger charge is 2.26. The third-order valence-corrected chi connectivity index (χ3v) is 11.9. The van der Waals surface area contributed by atoms with E-state index in [-0.39, 0.29) is 0 Å². The predicted octanol–water partition coefficient (Wildman–Crippen LogP) is 14.5. The molecule has 6 heteroatoms. The number of fused-ring (bicyclic) bond motifs is 3. The van der Waals surface area contributed by atoms with Gasteiger partial charge in [0.2, 0.25) is 0 Å². The first kappa shape index (κ1) is 39.1. The second-order valence-electron chi connectivity index (χ2n) is 16.4. The van der Waals surface area contributed by atoms with Gasteiger partial charge < -0.3 is 4.57 Å². The first-order chi connectivity index (χ1) is 32.0. The van der Waals surface area contributed by atoms with Crippen LogP contribution in [0.15, 0.2) is 206 Å². The van der Waals surface area contributed by atoms with E-state index >= 15 is 0 Å². The summed E-state index contributed by atoms with van der Waals surface area (Å²) in [6, 6.07) is 73.0. The van der Waals surface area contributed by atoms with E-state index in [0.29, 0.717) is 28.3 Å². The molecule has 6 nitrogen and oxygen atoms in total. The molecule has 0 fully saturated rings. The Kier molecular flexibility index (Phi) is 9.91. The zero-order chi connectivity index (χ0) is 43.9. The summed E-state index contributed by atoms with van der Waals surface area (Å²) in [4.78, 5) is 21.5. The van der Waals surface area contributed by atoms with Crippen molar-refractivity contribution in [2.24, 2.45) is 0 Å². The summed E-state index contributed by atoms with van der Waals surface area (Å²) in [5.41, 5.74) is 16.1.